The van der Waals surface area contributed by atoms with Gasteiger partial charge < -0.3 is 9.87 Å². The zero-order valence-electron chi connectivity index (χ0n) is 9.73. The summed E-state index contributed by atoms with van der Waals surface area (Å²) in [6.07, 6.45) is 1.80. The van der Waals surface area contributed by atoms with Crippen LogP contribution in [-0.2, 0) is 10.1 Å². The molecule has 1 aliphatic rings. The molecule has 1 heterocycles. The summed E-state index contributed by atoms with van der Waals surface area (Å²) < 4.78 is 32.7. The summed E-state index contributed by atoms with van der Waals surface area (Å²) in [6.45, 7) is 3.86. The Morgan fingerprint density at radius 3 is 2.59 bits per heavy atom. The number of hydrogen-bond acceptors (Lipinski definition) is 4. The molecule has 1 aromatic rings. The zero-order chi connectivity index (χ0) is 12.7. The highest BCUT2D eigenvalue weighted by Gasteiger charge is 2.24. The predicted molar refractivity (Wildman–Crippen MR) is 66.7 cm³/mol. The van der Waals surface area contributed by atoms with E-state index in [1.165, 1.54) is 0 Å². The van der Waals surface area contributed by atoms with Crippen LogP contribution in [-0.4, -0.2) is 24.3 Å². The van der Waals surface area contributed by atoms with Crippen LogP contribution in [0.4, 0.5) is 5.69 Å². The van der Waals surface area contributed by atoms with Crippen LogP contribution < -0.4 is 5.32 Å². The highest BCUT2D eigenvalue weighted by molar-refractivity contribution is 7.86. The molecule has 0 radical (unpaired) electrons. The lowest BCUT2D eigenvalue weighted by atomic mass is 9.91. The molecule has 17 heavy (non-hydrogen) atoms. The molecule has 92 valence electrons. The van der Waals surface area contributed by atoms with E-state index in [1.54, 1.807) is 6.08 Å². The van der Waals surface area contributed by atoms with Gasteiger partial charge in [0.2, 0.25) is 0 Å². The van der Waals surface area contributed by atoms with Crippen LogP contribution in [0, 0.1) is 0 Å². The molecule has 0 atom stereocenters. The second-order valence-corrected chi connectivity index (χ2v) is 6.17. The van der Waals surface area contributed by atoms with E-state index < -0.39 is 15.9 Å². The van der Waals surface area contributed by atoms with Gasteiger partial charge in [0.1, 0.15) is 0 Å². The second-order valence-electron chi connectivity index (χ2n) is 4.76. The fourth-order valence-corrected chi connectivity index (χ4v) is 2.70. The topological polar surface area (TPSA) is 69.2 Å². The van der Waals surface area contributed by atoms with Gasteiger partial charge in [0.25, 0.3) is 0 Å². The van der Waals surface area contributed by atoms with Crippen LogP contribution in [0.5, 0.6) is 0 Å². The molecular weight excluding hydrogens is 238 g/mol. The van der Waals surface area contributed by atoms with E-state index in [4.69, 9.17) is 0 Å². The normalized spacial score (nSPS) is 17.9. The van der Waals surface area contributed by atoms with Crippen molar-refractivity contribution in [1.82, 2.24) is 0 Å². The summed E-state index contributed by atoms with van der Waals surface area (Å²) in [5.74, 6) is -0.463. The van der Waals surface area contributed by atoms with Crippen LogP contribution in [0.2, 0.25) is 0 Å². The molecule has 1 N–H and O–H groups in total. The van der Waals surface area contributed by atoms with Crippen molar-refractivity contribution in [3.05, 3.63) is 35.9 Å². The maximum Gasteiger partial charge on any atom is 0.0988 e. The Bertz CT molecular complexity index is 573. The summed E-state index contributed by atoms with van der Waals surface area (Å²) in [6, 6.07) is 7.39. The van der Waals surface area contributed by atoms with Gasteiger partial charge in [-0.1, -0.05) is 24.3 Å². The Morgan fingerprint density at radius 1 is 1.29 bits per heavy atom. The Kier molecular flexibility index (Phi) is 2.75. The lowest BCUT2D eigenvalue weighted by molar-refractivity contribution is 0.467. The fraction of sp³-hybridized carbons (Fsp3) is 0.333. The van der Waals surface area contributed by atoms with Crippen molar-refractivity contribution < 1.29 is 13.0 Å². The lowest BCUT2D eigenvalue weighted by Gasteiger charge is -2.32. The average molecular weight is 252 g/mol. The van der Waals surface area contributed by atoms with Crippen molar-refractivity contribution in [2.24, 2.45) is 0 Å². The molecule has 5 heteroatoms. The maximum absolute atomic E-state index is 10.9. The number of para-hydroxylation sites is 1. The van der Waals surface area contributed by atoms with Gasteiger partial charge in [-0.25, -0.2) is 8.42 Å². The molecule has 0 bridgehead atoms. The van der Waals surface area contributed by atoms with Gasteiger partial charge in [-0.3, -0.25) is 0 Å². The molecule has 0 fully saturated rings. The minimum atomic E-state index is -4.26. The largest absolute Gasteiger partial charge is 0.748 e. The molecule has 0 aromatic heterocycles. The predicted octanol–water partition coefficient (Wildman–Crippen LogP) is 1.82. The number of rotatable bonds is 2. The van der Waals surface area contributed by atoms with Crippen molar-refractivity contribution in [3.63, 3.8) is 0 Å². The highest BCUT2D eigenvalue weighted by atomic mass is 32.2. The van der Waals surface area contributed by atoms with Gasteiger partial charge in [0, 0.05) is 11.3 Å². The molecule has 0 saturated carbocycles. The third-order valence-corrected chi connectivity index (χ3v) is 3.26. The van der Waals surface area contributed by atoms with Gasteiger partial charge in [0.15, 0.2) is 0 Å². The Morgan fingerprint density at radius 2 is 1.94 bits per heavy atom. The van der Waals surface area contributed by atoms with Crippen molar-refractivity contribution in [1.29, 1.82) is 0 Å². The SMILES string of the molecule is CC1(C)C=C(CS(=O)(=O)[O-])c2ccccc2N1. The van der Waals surface area contributed by atoms with Crippen LogP contribution in [0.1, 0.15) is 19.4 Å². The Hall–Kier alpha value is -1.33. The Labute approximate surface area is 101 Å². The zero-order valence-corrected chi connectivity index (χ0v) is 10.5. The molecule has 1 aliphatic heterocycles. The van der Waals surface area contributed by atoms with Crippen LogP contribution in [0.15, 0.2) is 30.3 Å². The first-order valence-corrected chi connectivity index (χ1v) is 6.87. The average Bonchev–Trinajstić information content (AvgIpc) is 2.13. The van der Waals surface area contributed by atoms with Gasteiger partial charge in [-0.05, 0) is 25.5 Å². The van der Waals surface area contributed by atoms with Crippen molar-refractivity contribution in [2.75, 3.05) is 11.1 Å². The first kappa shape index (κ1) is 12.1. The summed E-state index contributed by atoms with van der Waals surface area (Å²) in [4.78, 5) is 0. The van der Waals surface area contributed by atoms with Crippen LogP contribution in [0.3, 0.4) is 0 Å². The lowest BCUT2D eigenvalue weighted by Crippen LogP contribution is -2.32. The number of nitrogens with one attached hydrogen (secondary N) is 1. The van der Waals surface area contributed by atoms with Crippen molar-refractivity contribution in [3.8, 4) is 0 Å². The van der Waals surface area contributed by atoms with E-state index in [9.17, 15) is 13.0 Å². The van der Waals surface area contributed by atoms with Gasteiger partial charge in [0.05, 0.1) is 21.4 Å². The maximum atomic E-state index is 10.9. The van der Waals surface area contributed by atoms with Crippen molar-refractivity contribution >= 4 is 21.4 Å². The number of fused-ring (bicyclic) bond motifs is 1. The molecule has 4 nitrogen and oxygen atoms in total. The first-order valence-electron chi connectivity index (χ1n) is 5.30. The van der Waals surface area contributed by atoms with Gasteiger partial charge in [-0.15, -0.1) is 0 Å². The first-order chi connectivity index (χ1) is 7.77. The number of hydrogen-bond donors (Lipinski definition) is 1. The summed E-state index contributed by atoms with van der Waals surface area (Å²) >= 11 is 0. The van der Waals surface area contributed by atoms with E-state index >= 15 is 0 Å². The minimum Gasteiger partial charge on any atom is -0.748 e. The summed E-state index contributed by atoms with van der Waals surface area (Å²) in [7, 11) is -4.26. The van der Waals surface area contributed by atoms with E-state index in [0.29, 0.717) is 5.57 Å². The smallest absolute Gasteiger partial charge is 0.0988 e. The van der Waals surface area contributed by atoms with Crippen molar-refractivity contribution in [2.45, 2.75) is 19.4 Å². The standard InChI is InChI=1S/C12H15NO3S/c1-12(2)7-9(8-17(14,15)16)10-5-3-4-6-11(10)13-12/h3-7,13H,8H2,1-2H3,(H,14,15,16)/p-1. The molecule has 0 spiro atoms. The molecule has 0 aliphatic carbocycles. The molecule has 0 amide bonds. The van der Waals surface area contributed by atoms with E-state index in [0.717, 1.165) is 11.3 Å². The number of anilines is 1. The molecule has 2 rings (SSSR count). The van der Waals surface area contributed by atoms with Crippen LogP contribution in [0.25, 0.3) is 5.57 Å². The quantitative estimate of drug-likeness (QED) is 0.815. The third-order valence-electron chi connectivity index (χ3n) is 2.60. The molecule has 0 saturated heterocycles. The highest BCUT2D eigenvalue weighted by Crippen LogP contribution is 2.33. The van der Waals surface area contributed by atoms with Gasteiger partial charge in [-0.2, -0.15) is 0 Å². The van der Waals surface area contributed by atoms with E-state index in [-0.39, 0.29) is 5.54 Å². The second kappa shape index (κ2) is 3.85. The fourth-order valence-electron chi connectivity index (χ4n) is 2.08. The number of benzene rings is 1. The summed E-state index contributed by atoms with van der Waals surface area (Å²) in [5.41, 5.74) is 1.86. The summed E-state index contributed by atoms with van der Waals surface area (Å²) in [5, 5.41) is 3.28. The molecule has 1 aromatic carbocycles. The van der Waals surface area contributed by atoms with Crippen LogP contribution >= 0.6 is 0 Å². The minimum absolute atomic E-state index is 0.353. The van der Waals surface area contributed by atoms with Gasteiger partial charge >= 0.3 is 0 Å². The molecular formula is C12H14NO3S-. The Balaban J connectivity index is 2.51. The monoisotopic (exact) mass is 252 g/mol. The molecule has 0 unspecified atom stereocenters. The third kappa shape index (κ3) is 2.87. The van der Waals surface area contributed by atoms with E-state index in [1.807, 2.05) is 38.1 Å². The van der Waals surface area contributed by atoms with E-state index in [2.05, 4.69) is 5.32 Å².